The Bertz CT molecular complexity index is 1070. The monoisotopic (exact) mass is 443 g/mol. The van der Waals surface area contributed by atoms with Gasteiger partial charge in [-0.2, -0.15) is 5.26 Å². The average molecular weight is 444 g/mol. The number of carbonyl (C=O) groups excluding carboxylic acids is 1. The van der Waals surface area contributed by atoms with E-state index in [0.29, 0.717) is 22.3 Å². The summed E-state index contributed by atoms with van der Waals surface area (Å²) in [4.78, 5) is 13.9. The number of hydrogen-bond donors (Lipinski definition) is 1. The molecule has 148 valence electrons. The smallest absolute Gasteiger partial charge is 0.237 e. The second kappa shape index (κ2) is 8.57. The highest BCUT2D eigenvalue weighted by Crippen LogP contribution is 2.40. The fourth-order valence-corrected chi connectivity index (χ4v) is 4.78. The molecule has 4 rings (SSSR count). The van der Waals surface area contributed by atoms with Crippen molar-refractivity contribution in [1.82, 2.24) is 14.8 Å². The SMILES string of the molecule is C[C@H](Sc1nnc(Cc2cccs2)n1C1CC1)C(=O)Nc1ccc(C#N)c(Cl)c1. The number of anilines is 1. The number of rotatable bonds is 7. The van der Waals surface area contributed by atoms with E-state index in [1.54, 1.807) is 29.5 Å². The standard InChI is InChI=1S/C20H18ClN5OS2/c1-12(19(27)23-14-5-4-13(11-22)17(21)9-14)29-20-25-24-18(26(20)15-6-7-15)10-16-3-2-8-28-16/h2-5,8-9,12,15H,6-7,10H2,1H3,(H,23,27)/t12-/m0/s1. The summed E-state index contributed by atoms with van der Waals surface area (Å²) in [6.45, 7) is 1.84. The minimum Gasteiger partial charge on any atom is -0.325 e. The molecule has 0 aliphatic heterocycles. The van der Waals surface area contributed by atoms with Gasteiger partial charge >= 0.3 is 0 Å². The summed E-state index contributed by atoms with van der Waals surface area (Å²) in [6.07, 6.45) is 2.99. The lowest BCUT2D eigenvalue weighted by Gasteiger charge is -2.13. The normalized spacial score (nSPS) is 14.4. The Balaban J connectivity index is 1.46. The summed E-state index contributed by atoms with van der Waals surface area (Å²) >= 11 is 9.16. The fourth-order valence-electron chi connectivity index (χ4n) is 2.92. The number of aromatic nitrogens is 3. The second-order valence-corrected chi connectivity index (χ2v) is 9.56. The minimum absolute atomic E-state index is 0.152. The molecule has 9 heteroatoms. The third kappa shape index (κ3) is 4.64. The van der Waals surface area contributed by atoms with Crippen LogP contribution < -0.4 is 5.32 Å². The molecule has 0 bridgehead atoms. The van der Waals surface area contributed by atoms with Crippen LogP contribution >= 0.6 is 34.7 Å². The van der Waals surface area contributed by atoms with E-state index in [9.17, 15) is 4.79 Å². The average Bonchev–Trinajstić information content (AvgIpc) is 3.26. The van der Waals surface area contributed by atoms with Crippen LogP contribution in [0.3, 0.4) is 0 Å². The quantitative estimate of drug-likeness (QED) is 0.524. The third-order valence-corrected chi connectivity index (χ3v) is 6.81. The number of thiophene rings is 1. The van der Waals surface area contributed by atoms with Crippen molar-refractivity contribution in [3.63, 3.8) is 0 Å². The molecule has 0 unspecified atom stereocenters. The molecule has 1 saturated carbocycles. The first-order valence-electron chi connectivity index (χ1n) is 9.18. The zero-order valence-corrected chi connectivity index (χ0v) is 18.0. The van der Waals surface area contributed by atoms with Crippen LogP contribution in [-0.4, -0.2) is 25.9 Å². The van der Waals surface area contributed by atoms with Crippen LogP contribution in [0.4, 0.5) is 5.69 Å². The van der Waals surface area contributed by atoms with Gasteiger partial charge in [0.25, 0.3) is 0 Å². The molecule has 0 radical (unpaired) electrons. The largest absolute Gasteiger partial charge is 0.325 e. The van der Waals surface area contributed by atoms with Crippen LogP contribution in [0, 0.1) is 11.3 Å². The second-order valence-electron chi connectivity index (χ2n) is 6.81. The minimum atomic E-state index is -0.360. The number of nitrogens with zero attached hydrogens (tertiary/aromatic N) is 4. The number of benzene rings is 1. The molecule has 1 aromatic carbocycles. The number of nitrogens with one attached hydrogen (secondary N) is 1. The number of nitriles is 1. The molecule has 2 aromatic heterocycles. The highest BCUT2D eigenvalue weighted by molar-refractivity contribution is 8.00. The van der Waals surface area contributed by atoms with Gasteiger partial charge in [-0.05, 0) is 49.4 Å². The van der Waals surface area contributed by atoms with E-state index in [2.05, 4.69) is 31.5 Å². The zero-order chi connectivity index (χ0) is 20.4. The van der Waals surface area contributed by atoms with Crippen molar-refractivity contribution in [3.8, 4) is 6.07 Å². The van der Waals surface area contributed by atoms with Crippen molar-refractivity contribution in [2.45, 2.75) is 42.6 Å². The molecule has 3 aromatic rings. The molecule has 1 fully saturated rings. The number of thioether (sulfide) groups is 1. The third-order valence-electron chi connectivity index (χ3n) is 4.57. The van der Waals surface area contributed by atoms with Crippen molar-refractivity contribution in [1.29, 1.82) is 5.26 Å². The molecular weight excluding hydrogens is 426 g/mol. The fraction of sp³-hybridized carbons (Fsp3) is 0.300. The molecule has 1 atom stereocenters. The first kappa shape index (κ1) is 20.0. The first-order valence-corrected chi connectivity index (χ1v) is 11.3. The van der Waals surface area contributed by atoms with E-state index >= 15 is 0 Å². The van der Waals surface area contributed by atoms with Crippen LogP contribution in [0.15, 0.2) is 40.9 Å². The summed E-state index contributed by atoms with van der Waals surface area (Å²) in [7, 11) is 0. The summed E-state index contributed by atoms with van der Waals surface area (Å²) in [5.41, 5.74) is 0.941. The van der Waals surface area contributed by atoms with Crippen LogP contribution in [0.5, 0.6) is 0 Å². The predicted octanol–water partition coefficient (Wildman–Crippen LogP) is 4.91. The Labute approximate surface area is 181 Å². The molecule has 1 N–H and O–H groups in total. The maximum atomic E-state index is 12.6. The molecule has 2 heterocycles. The Morgan fingerprint density at radius 1 is 1.45 bits per heavy atom. The van der Waals surface area contributed by atoms with Gasteiger partial charge in [0.15, 0.2) is 5.16 Å². The van der Waals surface area contributed by atoms with Crippen molar-refractivity contribution >= 4 is 46.3 Å². The Morgan fingerprint density at radius 2 is 2.28 bits per heavy atom. The van der Waals surface area contributed by atoms with Crippen LogP contribution in [-0.2, 0) is 11.2 Å². The Kier molecular flexibility index (Phi) is 5.90. The molecule has 0 saturated heterocycles. The predicted molar refractivity (Wildman–Crippen MR) is 116 cm³/mol. The van der Waals surface area contributed by atoms with E-state index in [4.69, 9.17) is 16.9 Å². The summed E-state index contributed by atoms with van der Waals surface area (Å²) in [5.74, 6) is 0.796. The lowest BCUT2D eigenvalue weighted by atomic mass is 10.2. The lowest BCUT2D eigenvalue weighted by Crippen LogP contribution is -2.23. The van der Waals surface area contributed by atoms with Gasteiger partial charge in [-0.1, -0.05) is 29.4 Å². The summed E-state index contributed by atoms with van der Waals surface area (Å²) in [6, 6.07) is 11.4. The molecule has 29 heavy (non-hydrogen) atoms. The lowest BCUT2D eigenvalue weighted by molar-refractivity contribution is -0.115. The van der Waals surface area contributed by atoms with Gasteiger partial charge in [0.2, 0.25) is 5.91 Å². The molecule has 1 aliphatic rings. The van der Waals surface area contributed by atoms with E-state index in [-0.39, 0.29) is 11.2 Å². The zero-order valence-electron chi connectivity index (χ0n) is 15.6. The van der Waals surface area contributed by atoms with Gasteiger partial charge < -0.3 is 9.88 Å². The Hall–Kier alpha value is -2.34. The van der Waals surface area contributed by atoms with E-state index in [1.807, 2.05) is 19.1 Å². The van der Waals surface area contributed by atoms with Crippen LogP contribution in [0.2, 0.25) is 5.02 Å². The highest BCUT2D eigenvalue weighted by atomic mass is 35.5. The van der Waals surface area contributed by atoms with Crippen molar-refractivity contribution < 1.29 is 4.79 Å². The number of amides is 1. The van der Waals surface area contributed by atoms with Crippen molar-refractivity contribution in [2.24, 2.45) is 0 Å². The van der Waals surface area contributed by atoms with Crippen LogP contribution in [0.1, 0.15) is 42.1 Å². The summed E-state index contributed by atoms with van der Waals surface area (Å²) < 4.78 is 2.19. The Morgan fingerprint density at radius 3 is 2.93 bits per heavy atom. The van der Waals surface area contributed by atoms with Crippen molar-refractivity contribution in [2.75, 3.05) is 5.32 Å². The topological polar surface area (TPSA) is 83.6 Å². The number of carbonyl (C=O) groups is 1. The maximum absolute atomic E-state index is 12.6. The summed E-state index contributed by atoms with van der Waals surface area (Å²) in [5, 5.41) is 23.4. The van der Waals surface area contributed by atoms with Crippen molar-refractivity contribution in [3.05, 3.63) is 57.0 Å². The van der Waals surface area contributed by atoms with E-state index in [1.165, 1.54) is 16.6 Å². The van der Waals surface area contributed by atoms with Crippen LogP contribution in [0.25, 0.3) is 0 Å². The molecule has 1 aliphatic carbocycles. The van der Waals surface area contributed by atoms with Gasteiger partial charge in [-0.3, -0.25) is 4.79 Å². The number of hydrogen-bond acceptors (Lipinski definition) is 6. The van der Waals surface area contributed by atoms with E-state index < -0.39 is 0 Å². The van der Waals surface area contributed by atoms with Gasteiger partial charge in [0.05, 0.1) is 15.8 Å². The molecule has 0 spiro atoms. The van der Waals surface area contributed by atoms with E-state index in [0.717, 1.165) is 30.2 Å². The molecular formula is C20H18ClN5OS2. The first-order chi connectivity index (χ1) is 14.0. The molecule has 1 amide bonds. The van der Waals surface area contributed by atoms with Gasteiger partial charge in [0.1, 0.15) is 11.9 Å². The maximum Gasteiger partial charge on any atom is 0.237 e. The highest BCUT2D eigenvalue weighted by Gasteiger charge is 2.31. The van der Waals surface area contributed by atoms with Gasteiger partial charge in [0, 0.05) is 23.0 Å². The van der Waals surface area contributed by atoms with Gasteiger partial charge in [-0.25, -0.2) is 0 Å². The van der Waals surface area contributed by atoms with Gasteiger partial charge in [-0.15, -0.1) is 21.5 Å². The molecule has 6 nitrogen and oxygen atoms in total. The number of halogens is 1.